The first-order chi connectivity index (χ1) is 7.15. The van der Waals surface area contributed by atoms with Crippen LogP contribution in [0.25, 0.3) is 0 Å². The van der Waals surface area contributed by atoms with Gasteiger partial charge in [-0.3, -0.25) is 4.79 Å². The molecule has 1 amide bonds. The van der Waals surface area contributed by atoms with Gasteiger partial charge in [-0.05, 0) is 5.92 Å². The van der Waals surface area contributed by atoms with Gasteiger partial charge in [0.2, 0.25) is 5.91 Å². The molecule has 0 bridgehead atoms. The third-order valence-electron chi connectivity index (χ3n) is 2.02. The molecule has 15 heavy (non-hydrogen) atoms. The van der Waals surface area contributed by atoms with E-state index in [0.29, 0.717) is 12.2 Å². The lowest BCUT2D eigenvalue weighted by Crippen LogP contribution is -2.32. The Morgan fingerprint density at radius 2 is 2.47 bits per heavy atom. The highest BCUT2D eigenvalue weighted by atomic mass is 16.5. The molecule has 5 nitrogen and oxygen atoms in total. The SMILES string of the molecule is CC(C)C(C#N)C(=O)NCc1ccon1. The van der Waals surface area contributed by atoms with Crippen LogP contribution in [-0.4, -0.2) is 11.1 Å². The van der Waals surface area contributed by atoms with E-state index in [1.165, 1.54) is 6.26 Å². The zero-order valence-electron chi connectivity index (χ0n) is 8.73. The summed E-state index contributed by atoms with van der Waals surface area (Å²) in [5, 5.41) is 15.1. The summed E-state index contributed by atoms with van der Waals surface area (Å²) in [7, 11) is 0. The van der Waals surface area contributed by atoms with Crippen LogP contribution < -0.4 is 5.32 Å². The quantitative estimate of drug-likeness (QED) is 0.801. The molecule has 1 unspecified atom stereocenters. The summed E-state index contributed by atoms with van der Waals surface area (Å²) in [5.74, 6) is -0.875. The van der Waals surface area contributed by atoms with Crippen molar-refractivity contribution in [3.8, 4) is 6.07 Å². The fraction of sp³-hybridized carbons (Fsp3) is 0.500. The molecular weight excluding hydrogens is 194 g/mol. The number of amides is 1. The Bertz CT molecular complexity index is 351. The van der Waals surface area contributed by atoms with Crippen molar-refractivity contribution in [2.45, 2.75) is 20.4 Å². The van der Waals surface area contributed by atoms with Crippen LogP contribution >= 0.6 is 0 Å². The summed E-state index contributed by atoms with van der Waals surface area (Å²) < 4.78 is 4.61. The number of nitrogens with zero attached hydrogens (tertiary/aromatic N) is 2. The molecule has 1 rings (SSSR count). The first-order valence-electron chi connectivity index (χ1n) is 4.71. The highest BCUT2D eigenvalue weighted by molar-refractivity contribution is 5.81. The van der Waals surface area contributed by atoms with Gasteiger partial charge in [0.25, 0.3) is 0 Å². The van der Waals surface area contributed by atoms with E-state index in [9.17, 15) is 4.79 Å². The number of nitrogens with one attached hydrogen (secondary N) is 1. The predicted octanol–water partition coefficient (Wildman–Crippen LogP) is 1.09. The number of carbonyl (C=O) groups is 1. The van der Waals surface area contributed by atoms with Crippen LogP contribution in [0.2, 0.25) is 0 Å². The molecule has 80 valence electrons. The van der Waals surface area contributed by atoms with Crippen molar-refractivity contribution in [2.75, 3.05) is 0 Å². The maximum atomic E-state index is 11.5. The summed E-state index contributed by atoms with van der Waals surface area (Å²) in [6.07, 6.45) is 1.44. The molecule has 0 saturated heterocycles. The summed E-state index contributed by atoms with van der Waals surface area (Å²) in [4.78, 5) is 11.5. The molecule has 0 spiro atoms. The third kappa shape index (κ3) is 3.09. The van der Waals surface area contributed by atoms with Gasteiger partial charge in [-0.15, -0.1) is 0 Å². The van der Waals surface area contributed by atoms with Gasteiger partial charge in [0.05, 0.1) is 12.6 Å². The first kappa shape index (κ1) is 11.2. The van der Waals surface area contributed by atoms with Crippen LogP contribution in [0.5, 0.6) is 0 Å². The van der Waals surface area contributed by atoms with Gasteiger partial charge in [-0.25, -0.2) is 0 Å². The topological polar surface area (TPSA) is 78.9 Å². The van der Waals surface area contributed by atoms with Gasteiger partial charge in [0, 0.05) is 6.07 Å². The molecule has 0 aliphatic carbocycles. The largest absolute Gasteiger partial charge is 0.364 e. The number of hydrogen-bond acceptors (Lipinski definition) is 4. The van der Waals surface area contributed by atoms with Gasteiger partial charge in [0.15, 0.2) is 0 Å². The second kappa shape index (κ2) is 5.15. The fourth-order valence-electron chi connectivity index (χ4n) is 1.13. The van der Waals surface area contributed by atoms with Gasteiger partial charge in [0.1, 0.15) is 17.9 Å². The molecule has 0 aromatic carbocycles. The Morgan fingerprint density at radius 1 is 1.73 bits per heavy atom. The molecule has 1 N–H and O–H groups in total. The van der Waals surface area contributed by atoms with Gasteiger partial charge >= 0.3 is 0 Å². The van der Waals surface area contributed by atoms with Crippen molar-refractivity contribution in [3.63, 3.8) is 0 Å². The Kier molecular flexibility index (Phi) is 3.86. The molecule has 0 fully saturated rings. The molecule has 0 aliphatic heterocycles. The Morgan fingerprint density at radius 3 is 2.93 bits per heavy atom. The lowest BCUT2D eigenvalue weighted by atomic mass is 9.97. The van der Waals surface area contributed by atoms with Crippen molar-refractivity contribution in [1.82, 2.24) is 10.5 Å². The van der Waals surface area contributed by atoms with E-state index in [1.54, 1.807) is 6.07 Å². The average molecular weight is 207 g/mol. The number of hydrogen-bond donors (Lipinski definition) is 1. The minimum absolute atomic E-state index is 0.00677. The van der Waals surface area contributed by atoms with E-state index in [0.717, 1.165) is 0 Å². The average Bonchev–Trinajstić information content (AvgIpc) is 2.67. The maximum Gasteiger partial charge on any atom is 0.237 e. The van der Waals surface area contributed by atoms with Crippen molar-refractivity contribution in [3.05, 3.63) is 18.0 Å². The maximum absolute atomic E-state index is 11.5. The second-order valence-corrected chi connectivity index (χ2v) is 3.56. The van der Waals surface area contributed by atoms with Crippen molar-refractivity contribution in [1.29, 1.82) is 5.26 Å². The van der Waals surface area contributed by atoms with E-state index < -0.39 is 5.92 Å². The first-order valence-corrected chi connectivity index (χ1v) is 4.71. The zero-order chi connectivity index (χ0) is 11.3. The summed E-state index contributed by atoms with van der Waals surface area (Å²) in [5.41, 5.74) is 0.642. The molecule has 1 atom stereocenters. The van der Waals surface area contributed by atoms with Crippen LogP contribution in [0.4, 0.5) is 0 Å². The monoisotopic (exact) mass is 207 g/mol. The normalized spacial score (nSPS) is 12.1. The lowest BCUT2D eigenvalue weighted by Gasteiger charge is -2.11. The zero-order valence-corrected chi connectivity index (χ0v) is 8.73. The van der Waals surface area contributed by atoms with E-state index in [2.05, 4.69) is 15.0 Å². The molecule has 1 aromatic rings. The van der Waals surface area contributed by atoms with E-state index >= 15 is 0 Å². The number of aromatic nitrogens is 1. The molecule has 0 saturated carbocycles. The number of nitriles is 1. The van der Waals surface area contributed by atoms with Crippen LogP contribution in [0.1, 0.15) is 19.5 Å². The molecule has 1 aromatic heterocycles. The minimum atomic E-state index is -0.614. The molecule has 1 heterocycles. The van der Waals surface area contributed by atoms with Gasteiger partial charge in [-0.1, -0.05) is 19.0 Å². The Hall–Kier alpha value is -1.83. The van der Waals surface area contributed by atoms with Crippen molar-refractivity contribution < 1.29 is 9.32 Å². The molecule has 0 radical (unpaired) electrons. The highest BCUT2D eigenvalue weighted by Gasteiger charge is 2.21. The van der Waals surface area contributed by atoms with E-state index in [4.69, 9.17) is 5.26 Å². The number of carbonyl (C=O) groups excluding carboxylic acids is 1. The summed E-state index contributed by atoms with van der Waals surface area (Å²) >= 11 is 0. The standard InChI is InChI=1S/C10H13N3O2/c1-7(2)9(5-11)10(14)12-6-8-3-4-15-13-8/h3-4,7,9H,6H2,1-2H3,(H,12,14). The third-order valence-corrected chi connectivity index (χ3v) is 2.02. The minimum Gasteiger partial charge on any atom is -0.364 e. The van der Waals surface area contributed by atoms with Crippen LogP contribution in [0, 0.1) is 23.2 Å². The fourth-order valence-corrected chi connectivity index (χ4v) is 1.13. The van der Waals surface area contributed by atoms with Gasteiger partial charge in [-0.2, -0.15) is 5.26 Å². The highest BCUT2D eigenvalue weighted by Crippen LogP contribution is 2.09. The molecule has 0 aliphatic rings. The lowest BCUT2D eigenvalue weighted by molar-refractivity contribution is -0.124. The van der Waals surface area contributed by atoms with Crippen LogP contribution in [0.15, 0.2) is 16.9 Å². The Balaban J connectivity index is 2.46. The smallest absolute Gasteiger partial charge is 0.237 e. The van der Waals surface area contributed by atoms with E-state index in [-0.39, 0.29) is 11.8 Å². The summed E-state index contributed by atoms with van der Waals surface area (Å²) in [6.45, 7) is 3.97. The molecular formula is C10H13N3O2. The second-order valence-electron chi connectivity index (χ2n) is 3.56. The Labute approximate surface area is 88.1 Å². The summed E-state index contributed by atoms with van der Waals surface area (Å²) in [6, 6.07) is 3.64. The predicted molar refractivity (Wildman–Crippen MR) is 52.3 cm³/mol. The van der Waals surface area contributed by atoms with Crippen LogP contribution in [-0.2, 0) is 11.3 Å². The van der Waals surface area contributed by atoms with Crippen molar-refractivity contribution >= 4 is 5.91 Å². The van der Waals surface area contributed by atoms with Gasteiger partial charge < -0.3 is 9.84 Å². The van der Waals surface area contributed by atoms with Crippen molar-refractivity contribution in [2.24, 2.45) is 11.8 Å². The van der Waals surface area contributed by atoms with Crippen LogP contribution in [0.3, 0.4) is 0 Å². The number of rotatable bonds is 4. The molecule has 5 heteroatoms. The van der Waals surface area contributed by atoms with E-state index in [1.807, 2.05) is 19.9 Å².